The van der Waals surface area contributed by atoms with E-state index in [9.17, 15) is 9.18 Å². The Bertz CT molecular complexity index is 519. The van der Waals surface area contributed by atoms with Crippen molar-refractivity contribution < 1.29 is 19.0 Å². The highest BCUT2D eigenvalue weighted by molar-refractivity contribution is 5.77. The number of halogens is 1. The number of nitrogens with one attached hydrogen (secondary N) is 1. The minimum atomic E-state index is -0.339. The fourth-order valence-corrected chi connectivity index (χ4v) is 3.10. The number of aliphatic hydroxyl groups excluding tert-OH is 1. The molecule has 1 aliphatic carbocycles. The van der Waals surface area contributed by atoms with E-state index in [1.54, 1.807) is 12.1 Å². The summed E-state index contributed by atoms with van der Waals surface area (Å²) in [5.41, 5.74) is 0. The van der Waals surface area contributed by atoms with Crippen LogP contribution in [-0.2, 0) is 4.79 Å². The van der Waals surface area contributed by atoms with Crippen molar-refractivity contribution in [2.75, 3.05) is 33.4 Å². The summed E-state index contributed by atoms with van der Waals surface area (Å²) < 4.78 is 18.4. The summed E-state index contributed by atoms with van der Waals surface area (Å²) in [5.74, 6) is 0.504. The molecule has 0 unspecified atom stereocenters. The molecule has 0 aromatic heterocycles. The van der Waals surface area contributed by atoms with E-state index < -0.39 is 0 Å². The van der Waals surface area contributed by atoms with Gasteiger partial charge in [0.1, 0.15) is 18.2 Å². The van der Waals surface area contributed by atoms with Crippen molar-refractivity contribution >= 4 is 5.91 Å². The molecule has 1 aromatic rings. The van der Waals surface area contributed by atoms with Gasteiger partial charge < -0.3 is 15.2 Å². The SMILES string of the molecule is CN(CC(=O)NCCOc1cccc(F)c1)C1CCC(CO)CC1. The molecule has 5 nitrogen and oxygen atoms in total. The largest absolute Gasteiger partial charge is 0.492 e. The molecule has 1 aromatic carbocycles. The van der Waals surface area contributed by atoms with Gasteiger partial charge in [-0.1, -0.05) is 6.07 Å². The molecule has 2 N–H and O–H groups in total. The number of carbonyl (C=O) groups is 1. The van der Waals surface area contributed by atoms with E-state index in [2.05, 4.69) is 10.2 Å². The minimum absolute atomic E-state index is 0.0374. The molecule has 0 saturated heterocycles. The summed E-state index contributed by atoms with van der Waals surface area (Å²) in [4.78, 5) is 14.1. The molecule has 0 radical (unpaired) electrons. The van der Waals surface area contributed by atoms with Gasteiger partial charge in [0.25, 0.3) is 0 Å². The first-order chi connectivity index (χ1) is 11.6. The Hall–Kier alpha value is -1.66. The smallest absolute Gasteiger partial charge is 0.234 e. The Morgan fingerprint density at radius 2 is 2.12 bits per heavy atom. The van der Waals surface area contributed by atoms with E-state index in [1.165, 1.54) is 12.1 Å². The van der Waals surface area contributed by atoms with Crippen molar-refractivity contribution in [3.05, 3.63) is 30.1 Å². The lowest BCUT2D eigenvalue weighted by molar-refractivity contribution is -0.122. The second-order valence-corrected chi connectivity index (χ2v) is 6.43. The summed E-state index contributed by atoms with van der Waals surface area (Å²) in [6, 6.07) is 6.35. The summed E-state index contributed by atoms with van der Waals surface area (Å²) in [5, 5.41) is 12.0. The quantitative estimate of drug-likeness (QED) is 0.710. The lowest BCUT2D eigenvalue weighted by Gasteiger charge is -2.33. The molecule has 0 heterocycles. The van der Waals surface area contributed by atoms with E-state index in [-0.39, 0.29) is 18.3 Å². The fourth-order valence-electron chi connectivity index (χ4n) is 3.10. The molecule has 1 amide bonds. The van der Waals surface area contributed by atoms with Gasteiger partial charge in [0.2, 0.25) is 5.91 Å². The first-order valence-electron chi connectivity index (χ1n) is 8.54. The third-order valence-electron chi connectivity index (χ3n) is 4.58. The second-order valence-electron chi connectivity index (χ2n) is 6.43. The Kier molecular flexibility index (Phi) is 7.46. The van der Waals surface area contributed by atoms with Crippen LogP contribution in [0, 0.1) is 11.7 Å². The standard InChI is InChI=1S/C18H27FN2O3/c1-21(16-7-5-14(13-22)6-8-16)12-18(23)20-9-10-24-17-4-2-3-15(19)11-17/h2-4,11,14,16,22H,5-10,12-13H2,1H3,(H,20,23). The van der Waals surface area contributed by atoms with Crippen molar-refractivity contribution in [1.29, 1.82) is 0 Å². The normalized spacial score (nSPS) is 20.8. The highest BCUT2D eigenvalue weighted by atomic mass is 19.1. The Morgan fingerprint density at radius 1 is 1.38 bits per heavy atom. The highest BCUT2D eigenvalue weighted by Gasteiger charge is 2.24. The van der Waals surface area contributed by atoms with Crippen LogP contribution in [0.5, 0.6) is 5.75 Å². The Morgan fingerprint density at radius 3 is 2.79 bits per heavy atom. The van der Waals surface area contributed by atoms with Gasteiger partial charge in [0.05, 0.1) is 13.1 Å². The number of hydrogen-bond donors (Lipinski definition) is 2. The average Bonchev–Trinajstić information content (AvgIpc) is 2.59. The number of hydrogen-bond acceptors (Lipinski definition) is 4. The van der Waals surface area contributed by atoms with Crippen LogP contribution in [0.25, 0.3) is 0 Å². The van der Waals surface area contributed by atoms with Crippen LogP contribution >= 0.6 is 0 Å². The summed E-state index contributed by atoms with van der Waals surface area (Å²) in [6.45, 7) is 1.32. The lowest BCUT2D eigenvalue weighted by atomic mass is 9.86. The van der Waals surface area contributed by atoms with E-state index in [4.69, 9.17) is 9.84 Å². The Balaban J connectivity index is 1.61. The van der Waals surface area contributed by atoms with Gasteiger partial charge >= 0.3 is 0 Å². The molecule has 0 aliphatic heterocycles. The van der Waals surface area contributed by atoms with E-state index >= 15 is 0 Å². The van der Waals surface area contributed by atoms with Gasteiger partial charge in [-0.3, -0.25) is 9.69 Å². The topological polar surface area (TPSA) is 61.8 Å². The van der Waals surface area contributed by atoms with E-state index in [1.807, 2.05) is 7.05 Å². The van der Waals surface area contributed by atoms with Crippen molar-refractivity contribution in [3.8, 4) is 5.75 Å². The first kappa shape index (κ1) is 18.7. The predicted molar refractivity (Wildman–Crippen MR) is 90.4 cm³/mol. The van der Waals surface area contributed by atoms with Crippen molar-refractivity contribution in [3.63, 3.8) is 0 Å². The summed E-state index contributed by atoms with van der Waals surface area (Å²) in [7, 11) is 1.97. The number of ether oxygens (including phenoxy) is 1. The first-order valence-corrected chi connectivity index (χ1v) is 8.54. The van der Waals surface area contributed by atoms with Crippen molar-refractivity contribution in [2.45, 2.75) is 31.7 Å². The maximum absolute atomic E-state index is 13.0. The molecule has 1 saturated carbocycles. The lowest BCUT2D eigenvalue weighted by Crippen LogP contribution is -2.43. The van der Waals surface area contributed by atoms with Crippen LogP contribution in [0.3, 0.4) is 0 Å². The second kappa shape index (κ2) is 9.59. The van der Waals surface area contributed by atoms with Crippen LogP contribution in [0.2, 0.25) is 0 Å². The van der Waals surface area contributed by atoms with Gasteiger partial charge in [-0.2, -0.15) is 0 Å². The van der Waals surface area contributed by atoms with Crippen LogP contribution in [-0.4, -0.2) is 55.3 Å². The summed E-state index contributed by atoms with van der Waals surface area (Å²) in [6.07, 6.45) is 4.10. The van der Waals surface area contributed by atoms with Gasteiger partial charge in [-0.15, -0.1) is 0 Å². The molecule has 1 fully saturated rings. The average molecular weight is 338 g/mol. The van der Waals surface area contributed by atoms with Gasteiger partial charge in [-0.05, 0) is 50.8 Å². The van der Waals surface area contributed by atoms with Gasteiger partial charge in [0.15, 0.2) is 0 Å². The van der Waals surface area contributed by atoms with Crippen LogP contribution in [0.1, 0.15) is 25.7 Å². The third kappa shape index (κ3) is 6.09. The van der Waals surface area contributed by atoms with Crippen LogP contribution in [0.15, 0.2) is 24.3 Å². The molecule has 0 spiro atoms. The molecule has 134 valence electrons. The zero-order valence-corrected chi connectivity index (χ0v) is 14.2. The van der Waals surface area contributed by atoms with Crippen LogP contribution in [0.4, 0.5) is 4.39 Å². The number of nitrogens with zero attached hydrogens (tertiary/aromatic N) is 1. The molecule has 2 rings (SSSR count). The molecule has 24 heavy (non-hydrogen) atoms. The monoisotopic (exact) mass is 338 g/mol. The van der Waals surface area contributed by atoms with Crippen molar-refractivity contribution in [1.82, 2.24) is 10.2 Å². The fraction of sp³-hybridized carbons (Fsp3) is 0.611. The van der Waals surface area contributed by atoms with Gasteiger partial charge in [0, 0.05) is 18.7 Å². The molecule has 1 aliphatic rings. The maximum Gasteiger partial charge on any atom is 0.234 e. The van der Waals surface area contributed by atoms with E-state index in [0.717, 1.165) is 25.7 Å². The highest BCUT2D eigenvalue weighted by Crippen LogP contribution is 2.26. The Labute approximate surface area is 142 Å². The third-order valence-corrected chi connectivity index (χ3v) is 4.58. The molecule has 0 bridgehead atoms. The zero-order valence-electron chi connectivity index (χ0n) is 14.2. The number of likely N-dealkylation sites (N-methyl/N-ethyl adjacent to an activating group) is 1. The summed E-state index contributed by atoms with van der Waals surface area (Å²) >= 11 is 0. The molecule has 6 heteroatoms. The maximum atomic E-state index is 13.0. The molecular weight excluding hydrogens is 311 g/mol. The zero-order chi connectivity index (χ0) is 17.4. The number of carbonyl (C=O) groups excluding carboxylic acids is 1. The molecule has 0 atom stereocenters. The van der Waals surface area contributed by atoms with Crippen LogP contribution < -0.4 is 10.1 Å². The number of rotatable bonds is 8. The van der Waals surface area contributed by atoms with Crippen molar-refractivity contribution in [2.24, 2.45) is 5.92 Å². The van der Waals surface area contributed by atoms with Gasteiger partial charge in [-0.25, -0.2) is 4.39 Å². The number of aliphatic hydroxyl groups is 1. The number of benzene rings is 1. The predicted octanol–water partition coefficient (Wildman–Crippen LogP) is 1.80. The van der Waals surface area contributed by atoms with E-state index in [0.29, 0.717) is 37.4 Å². The minimum Gasteiger partial charge on any atom is -0.492 e. The molecular formula is C18H27FN2O3. The number of amides is 1.